The topological polar surface area (TPSA) is 96.4 Å². The highest BCUT2D eigenvalue weighted by Crippen LogP contribution is 2.71. The fraction of sp³-hybridized carbons (Fsp3) is 0.714. The average molecular weight is 469 g/mol. The van der Waals surface area contributed by atoms with Crippen molar-refractivity contribution in [3.05, 3.63) is 34.4 Å². The Balaban J connectivity index is 1.39. The molecule has 0 spiro atoms. The first-order chi connectivity index (χ1) is 15.9. The van der Waals surface area contributed by atoms with E-state index in [1.165, 1.54) is 0 Å². The molecule has 6 aliphatic rings. The van der Waals surface area contributed by atoms with E-state index in [2.05, 4.69) is 6.92 Å². The monoisotopic (exact) mass is 468 g/mol. The molecule has 34 heavy (non-hydrogen) atoms. The lowest BCUT2D eigenvalue weighted by Crippen LogP contribution is -2.67. The number of aliphatic hydroxyl groups excluding tert-OH is 1. The molecule has 6 rings (SSSR count). The summed E-state index contributed by atoms with van der Waals surface area (Å²) in [5, 5.41) is 23.1. The van der Waals surface area contributed by atoms with Gasteiger partial charge in [0.05, 0.1) is 17.6 Å². The van der Waals surface area contributed by atoms with E-state index in [1.54, 1.807) is 19.1 Å². The minimum atomic E-state index is -1.15. The number of hydrogen-bond acceptors (Lipinski definition) is 6. The van der Waals surface area contributed by atoms with Crippen molar-refractivity contribution in [2.24, 2.45) is 28.6 Å². The summed E-state index contributed by atoms with van der Waals surface area (Å²) < 4.78 is 12.0. The quantitative estimate of drug-likeness (QED) is 0.348. The molecule has 0 radical (unpaired) electrons. The number of epoxide rings is 1. The summed E-state index contributed by atoms with van der Waals surface area (Å²) in [6.45, 7) is 9.98. The second-order valence-electron chi connectivity index (χ2n) is 12.2. The van der Waals surface area contributed by atoms with E-state index in [4.69, 9.17) is 9.47 Å². The molecule has 0 aromatic rings. The molecule has 0 bridgehead atoms. The summed E-state index contributed by atoms with van der Waals surface area (Å²) in [4.78, 5) is 25.7. The molecule has 4 aliphatic carbocycles. The van der Waals surface area contributed by atoms with E-state index in [9.17, 15) is 19.8 Å². The van der Waals surface area contributed by atoms with Gasteiger partial charge in [-0.05, 0) is 93.8 Å². The molecule has 0 aromatic carbocycles. The number of ether oxygens (including phenoxy) is 2. The molecule has 1 unspecified atom stereocenters. The molecule has 184 valence electrons. The molecule has 3 saturated carbocycles. The van der Waals surface area contributed by atoms with Gasteiger partial charge in [-0.3, -0.25) is 4.79 Å². The molecule has 0 aromatic heterocycles. The summed E-state index contributed by atoms with van der Waals surface area (Å²) in [6.07, 6.45) is 5.45. The summed E-state index contributed by atoms with van der Waals surface area (Å²) in [5.74, 6) is 0.0142. The molecular weight excluding hydrogens is 432 g/mol. The maximum Gasteiger partial charge on any atom is 0.334 e. The first kappa shape index (κ1) is 22.7. The first-order valence-electron chi connectivity index (χ1n) is 12.8. The zero-order valence-corrected chi connectivity index (χ0v) is 20.8. The van der Waals surface area contributed by atoms with Crippen molar-refractivity contribution in [1.29, 1.82) is 0 Å². The van der Waals surface area contributed by atoms with Crippen LogP contribution in [0.15, 0.2) is 34.4 Å². The molecular formula is C28H36O6. The van der Waals surface area contributed by atoms with Crippen LogP contribution in [0.25, 0.3) is 0 Å². The van der Waals surface area contributed by atoms with E-state index in [0.717, 1.165) is 29.6 Å². The summed E-state index contributed by atoms with van der Waals surface area (Å²) in [7, 11) is 0. The van der Waals surface area contributed by atoms with Crippen molar-refractivity contribution in [1.82, 2.24) is 0 Å². The maximum atomic E-state index is 13.3. The van der Waals surface area contributed by atoms with Crippen LogP contribution < -0.4 is 0 Å². The van der Waals surface area contributed by atoms with Crippen molar-refractivity contribution in [2.45, 2.75) is 96.7 Å². The van der Waals surface area contributed by atoms with Gasteiger partial charge in [-0.25, -0.2) is 4.79 Å². The Morgan fingerprint density at radius 3 is 2.62 bits per heavy atom. The van der Waals surface area contributed by atoms with Crippen molar-refractivity contribution < 1.29 is 29.3 Å². The number of cyclic esters (lactones) is 1. The number of ketones is 1. The second kappa shape index (κ2) is 6.92. The Labute approximate surface area is 201 Å². The van der Waals surface area contributed by atoms with Crippen LogP contribution in [0.3, 0.4) is 0 Å². The standard InChI is InChI=1S/C28H36O6/c1-13-11-19(33-25(31)14(13)2)15(3)22-18(29)12-17-21-16(8-10-26(17,22)4)27(5)20(30)7-6-9-28(27,32)24-23(21)34-24/h6-7,16-19,21,23-24,29,32H,8-12H2,1-5H3/b22-15+/t16-,17-,18+,19?,21+,23-,24-,26-,27-,28-/m0/s1. The second-order valence-corrected chi connectivity index (χ2v) is 12.2. The predicted molar refractivity (Wildman–Crippen MR) is 124 cm³/mol. The normalized spacial score (nSPS) is 53.0. The Morgan fingerprint density at radius 2 is 1.91 bits per heavy atom. The maximum absolute atomic E-state index is 13.3. The fourth-order valence-corrected chi connectivity index (χ4v) is 8.81. The molecule has 6 nitrogen and oxygen atoms in total. The fourth-order valence-electron chi connectivity index (χ4n) is 8.81. The SMILES string of the molecule is CC1=C(C)C(=O)OC(/C(C)=C2\[C@H](O)C[C@H]3[C@@H]4[C@@H]5O[C@@H]5[C@@]5(O)CC=CC(=O)[C@]5(C)[C@H]4CC[C@]23C)C1. The minimum absolute atomic E-state index is 0.00560. The third-order valence-corrected chi connectivity index (χ3v) is 11.0. The molecule has 10 atom stereocenters. The van der Waals surface area contributed by atoms with Crippen LogP contribution in [0, 0.1) is 28.6 Å². The number of fused-ring (bicyclic) bond motifs is 8. The van der Waals surface area contributed by atoms with Gasteiger partial charge in [-0.1, -0.05) is 18.6 Å². The molecule has 0 amide bonds. The molecule has 2 aliphatic heterocycles. The van der Waals surface area contributed by atoms with Crippen LogP contribution in [0.2, 0.25) is 0 Å². The molecule has 2 heterocycles. The predicted octanol–water partition coefficient (Wildman–Crippen LogP) is 3.42. The lowest BCUT2D eigenvalue weighted by atomic mass is 9.44. The van der Waals surface area contributed by atoms with Gasteiger partial charge in [0.25, 0.3) is 0 Å². The van der Waals surface area contributed by atoms with Gasteiger partial charge in [0.15, 0.2) is 5.78 Å². The highest BCUT2D eigenvalue weighted by molar-refractivity contribution is 5.97. The smallest absolute Gasteiger partial charge is 0.334 e. The lowest BCUT2D eigenvalue weighted by molar-refractivity contribution is -0.178. The Hall–Kier alpha value is -1.76. The number of allylic oxidation sites excluding steroid dienone is 1. The third kappa shape index (κ3) is 2.57. The Bertz CT molecular complexity index is 1080. The number of aliphatic hydroxyl groups is 2. The Morgan fingerprint density at radius 1 is 1.18 bits per heavy atom. The van der Waals surface area contributed by atoms with E-state index >= 15 is 0 Å². The van der Waals surface area contributed by atoms with Gasteiger partial charge in [-0.2, -0.15) is 0 Å². The number of esters is 1. The van der Waals surface area contributed by atoms with Gasteiger partial charge >= 0.3 is 5.97 Å². The molecule has 6 heteroatoms. The van der Waals surface area contributed by atoms with Gasteiger partial charge in [0, 0.05) is 12.0 Å². The highest BCUT2D eigenvalue weighted by Gasteiger charge is 2.77. The lowest BCUT2D eigenvalue weighted by Gasteiger charge is -2.59. The van der Waals surface area contributed by atoms with E-state index in [0.29, 0.717) is 24.8 Å². The summed E-state index contributed by atoms with van der Waals surface area (Å²) in [6, 6.07) is 0. The number of hydrogen-bond donors (Lipinski definition) is 2. The van der Waals surface area contributed by atoms with Crippen LogP contribution in [-0.4, -0.2) is 52.0 Å². The number of rotatable bonds is 1. The van der Waals surface area contributed by atoms with E-state index in [1.807, 2.05) is 20.8 Å². The number of carbonyl (C=O) groups is 2. The van der Waals surface area contributed by atoms with Crippen LogP contribution in [0.5, 0.6) is 0 Å². The highest BCUT2D eigenvalue weighted by atomic mass is 16.6. The molecule has 1 saturated heterocycles. The van der Waals surface area contributed by atoms with E-state index < -0.39 is 17.1 Å². The van der Waals surface area contributed by atoms with Crippen LogP contribution in [-0.2, 0) is 19.1 Å². The third-order valence-electron chi connectivity index (χ3n) is 11.0. The zero-order valence-electron chi connectivity index (χ0n) is 20.8. The average Bonchev–Trinajstić information content (AvgIpc) is 3.53. The van der Waals surface area contributed by atoms with Gasteiger partial charge in [0.2, 0.25) is 0 Å². The minimum Gasteiger partial charge on any atom is -0.454 e. The number of carbonyl (C=O) groups excluding carboxylic acids is 2. The zero-order chi connectivity index (χ0) is 24.4. The van der Waals surface area contributed by atoms with Gasteiger partial charge in [0.1, 0.15) is 17.8 Å². The van der Waals surface area contributed by atoms with Crippen LogP contribution in [0.4, 0.5) is 0 Å². The van der Waals surface area contributed by atoms with Gasteiger partial charge in [-0.15, -0.1) is 0 Å². The van der Waals surface area contributed by atoms with Crippen molar-refractivity contribution in [2.75, 3.05) is 0 Å². The van der Waals surface area contributed by atoms with Crippen molar-refractivity contribution in [3.63, 3.8) is 0 Å². The molecule has 4 fully saturated rings. The van der Waals surface area contributed by atoms with Crippen molar-refractivity contribution >= 4 is 11.8 Å². The molecule has 2 N–H and O–H groups in total. The van der Waals surface area contributed by atoms with Crippen molar-refractivity contribution in [3.8, 4) is 0 Å². The van der Waals surface area contributed by atoms with E-state index in [-0.39, 0.29) is 53.2 Å². The first-order valence-corrected chi connectivity index (χ1v) is 12.8. The largest absolute Gasteiger partial charge is 0.454 e. The summed E-state index contributed by atoms with van der Waals surface area (Å²) >= 11 is 0. The van der Waals surface area contributed by atoms with Gasteiger partial charge < -0.3 is 19.7 Å². The Kier molecular flexibility index (Phi) is 4.62. The van der Waals surface area contributed by atoms with Crippen LogP contribution in [0.1, 0.15) is 66.7 Å². The summed E-state index contributed by atoms with van der Waals surface area (Å²) in [5.41, 5.74) is 1.43. The van der Waals surface area contributed by atoms with Crippen LogP contribution >= 0.6 is 0 Å².